The van der Waals surface area contributed by atoms with Crippen LogP contribution in [0.1, 0.15) is 265 Å². The van der Waals surface area contributed by atoms with Crippen molar-refractivity contribution in [2.45, 2.75) is 302 Å². The molecule has 83 heavy (non-hydrogen) atoms. The van der Waals surface area contributed by atoms with Gasteiger partial charge < -0.3 is 39.0 Å². The highest BCUT2D eigenvalue weighted by atomic mass is 16.7. The number of ether oxygens (including phenoxy) is 5. The zero-order chi connectivity index (χ0) is 60.3. The van der Waals surface area contributed by atoms with Gasteiger partial charge >= 0.3 is 23.9 Å². The SMILES string of the molecule is CC/C=C\C/C=C\C/C=C\C/C=C\C/C=C\C/C=C\CCC(=O)OC1C(OCC(COC(=O)CCCCCCCCCCCCCCCCCCCCC)OC(=O)CCCCCCC/C=C\C/C=C\C/C=C\CC)OC(C(=O)O)C(O)C1O. The Morgan fingerprint density at radius 1 is 0.410 bits per heavy atom. The van der Waals surface area contributed by atoms with Crippen LogP contribution in [0.3, 0.4) is 0 Å². The van der Waals surface area contributed by atoms with Crippen LogP contribution in [0.2, 0.25) is 0 Å². The fraction of sp³-hybridized carbons (Fsp3) is 0.690. The summed E-state index contributed by atoms with van der Waals surface area (Å²) in [5.74, 6) is -3.25. The van der Waals surface area contributed by atoms with Gasteiger partial charge in [-0.2, -0.15) is 0 Å². The maximum Gasteiger partial charge on any atom is 0.335 e. The summed E-state index contributed by atoms with van der Waals surface area (Å²) in [6.45, 7) is 5.75. The third-order valence-electron chi connectivity index (χ3n) is 14.4. The van der Waals surface area contributed by atoms with E-state index in [0.717, 1.165) is 103 Å². The van der Waals surface area contributed by atoms with Crippen molar-refractivity contribution >= 4 is 23.9 Å². The molecule has 0 amide bonds. The van der Waals surface area contributed by atoms with Crippen molar-refractivity contribution in [1.29, 1.82) is 0 Å². The van der Waals surface area contributed by atoms with Crippen LogP contribution >= 0.6 is 0 Å². The monoisotopic (exact) mass is 1160 g/mol. The molecule has 1 aliphatic heterocycles. The van der Waals surface area contributed by atoms with E-state index in [1.54, 1.807) is 0 Å². The average molecular weight is 1160 g/mol. The van der Waals surface area contributed by atoms with Crippen molar-refractivity contribution in [2.24, 2.45) is 0 Å². The molecule has 0 aromatic rings. The highest BCUT2D eigenvalue weighted by Crippen LogP contribution is 2.26. The first-order chi connectivity index (χ1) is 40.6. The first-order valence-corrected chi connectivity index (χ1v) is 32.9. The van der Waals surface area contributed by atoms with Crippen LogP contribution in [0.25, 0.3) is 0 Å². The third-order valence-corrected chi connectivity index (χ3v) is 14.4. The fourth-order valence-electron chi connectivity index (χ4n) is 9.41. The quantitative estimate of drug-likeness (QED) is 0.0228. The van der Waals surface area contributed by atoms with E-state index in [1.165, 1.54) is 96.3 Å². The Balaban J connectivity index is 2.70. The summed E-state index contributed by atoms with van der Waals surface area (Å²) in [5, 5.41) is 31.6. The van der Waals surface area contributed by atoms with E-state index in [4.69, 9.17) is 23.7 Å². The first-order valence-electron chi connectivity index (χ1n) is 32.9. The van der Waals surface area contributed by atoms with Gasteiger partial charge in [0.2, 0.25) is 0 Å². The lowest BCUT2D eigenvalue weighted by molar-refractivity contribution is -0.301. The molecule has 1 saturated heterocycles. The van der Waals surface area contributed by atoms with Gasteiger partial charge in [0.1, 0.15) is 18.8 Å². The number of carboxylic acids is 1. The maximum atomic E-state index is 13.2. The van der Waals surface area contributed by atoms with E-state index >= 15 is 0 Å². The number of carbonyl (C=O) groups is 4. The van der Waals surface area contributed by atoms with Crippen LogP contribution in [0.5, 0.6) is 0 Å². The number of hydrogen-bond donors (Lipinski definition) is 3. The molecule has 0 radical (unpaired) electrons. The highest BCUT2D eigenvalue weighted by Gasteiger charge is 2.50. The summed E-state index contributed by atoms with van der Waals surface area (Å²) in [4.78, 5) is 51.3. The molecule has 0 aromatic carbocycles. The molecule has 1 rings (SSSR count). The van der Waals surface area contributed by atoms with Gasteiger partial charge in [-0.1, -0.05) is 265 Å². The van der Waals surface area contributed by atoms with Gasteiger partial charge in [0.25, 0.3) is 0 Å². The molecule has 12 heteroatoms. The molecule has 0 spiro atoms. The normalized spacial score (nSPS) is 18.3. The van der Waals surface area contributed by atoms with Crippen LogP contribution in [0.4, 0.5) is 0 Å². The van der Waals surface area contributed by atoms with Gasteiger partial charge in [-0.3, -0.25) is 14.4 Å². The zero-order valence-corrected chi connectivity index (χ0v) is 52.2. The Morgan fingerprint density at radius 2 is 0.783 bits per heavy atom. The minimum Gasteiger partial charge on any atom is -0.479 e. The molecule has 0 bridgehead atoms. The number of aliphatic hydroxyl groups is 2. The minimum absolute atomic E-state index is 0.0707. The lowest BCUT2D eigenvalue weighted by Crippen LogP contribution is -2.61. The van der Waals surface area contributed by atoms with E-state index in [1.807, 2.05) is 18.2 Å². The number of carboxylic acid groups (broad SMARTS) is 1. The Labute approximate surface area is 504 Å². The van der Waals surface area contributed by atoms with E-state index in [2.05, 4.69) is 112 Å². The molecular weight excluding hydrogens is 1040 g/mol. The Kier molecular flexibility index (Phi) is 53.2. The number of aliphatic hydroxyl groups excluding tert-OH is 2. The zero-order valence-electron chi connectivity index (χ0n) is 52.2. The number of allylic oxidation sites excluding steroid dienone is 18. The van der Waals surface area contributed by atoms with Crippen molar-refractivity contribution in [2.75, 3.05) is 13.2 Å². The number of carbonyl (C=O) groups excluding carboxylic acids is 3. The number of rotatable bonds is 55. The molecular formula is C71H116O12. The summed E-state index contributed by atoms with van der Waals surface area (Å²) < 4.78 is 28.4. The van der Waals surface area contributed by atoms with Gasteiger partial charge in [-0.15, -0.1) is 0 Å². The van der Waals surface area contributed by atoms with Crippen LogP contribution in [-0.4, -0.2) is 89.2 Å². The first kappa shape index (κ1) is 76.4. The Bertz CT molecular complexity index is 1860. The summed E-state index contributed by atoms with van der Waals surface area (Å²) in [6, 6.07) is 0. The van der Waals surface area contributed by atoms with E-state index in [0.29, 0.717) is 25.7 Å². The second kappa shape index (κ2) is 57.8. The number of aliphatic carboxylic acids is 1. The van der Waals surface area contributed by atoms with Crippen molar-refractivity contribution < 1.29 is 58.2 Å². The van der Waals surface area contributed by atoms with Crippen molar-refractivity contribution in [3.63, 3.8) is 0 Å². The second-order valence-corrected chi connectivity index (χ2v) is 22.0. The lowest BCUT2D eigenvalue weighted by atomic mass is 9.98. The Morgan fingerprint density at radius 3 is 1.20 bits per heavy atom. The lowest BCUT2D eigenvalue weighted by Gasteiger charge is -2.40. The van der Waals surface area contributed by atoms with E-state index in [9.17, 15) is 34.5 Å². The number of hydrogen-bond acceptors (Lipinski definition) is 11. The standard InChI is InChI=1S/C71H116O12/c1-4-7-10-13-16-19-22-25-28-30-32-34-37-39-42-45-48-51-54-57-63(72)79-60-62(81-64(73)58-55-52-49-46-43-40-36-27-24-21-18-15-12-9-6-3)61-80-71-69(67(76)66(75)68(83-71)70(77)78)82-65(74)59-56-53-50-47-44-41-38-35-33-31-29-26-23-20-17-14-11-8-5-2/h8-9,11-12,17-18,20-21,26-27,29,33,35-36,41,44,50,53,62,66-69,71,75-76H,4-7,10,13-16,19,22-25,28,30-32,34,37-40,42-43,45-49,51-52,54-61H2,1-3H3,(H,77,78)/b11-8-,12-9-,20-17-,21-18-,29-26-,35-33-,36-27-,44-41-,53-50-. The number of unbranched alkanes of at least 4 members (excludes halogenated alkanes) is 23. The molecule has 0 aromatic heterocycles. The molecule has 6 atom stereocenters. The predicted molar refractivity (Wildman–Crippen MR) is 340 cm³/mol. The molecule has 1 fully saturated rings. The number of esters is 3. The summed E-state index contributed by atoms with van der Waals surface area (Å²) in [7, 11) is 0. The Hall–Kier alpha value is -4.62. The smallest absolute Gasteiger partial charge is 0.335 e. The van der Waals surface area contributed by atoms with Crippen molar-refractivity contribution in [3.05, 3.63) is 109 Å². The molecule has 12 nitrogen and oxygen atoms in total. The molecule has 472 valence electrons. The molecule has 0 saturated carbocycles. The van der Waals surface area contributed by atoms with Gasteiger partial charge in [-0.05, 0) is 89.9 Å². The third kappa shape index (κ3) is 47.3. The second-order valence-electron chi connectivity index (χ2n) is 22.0. The van der Waals surface area contributed by atoms with E-state index in [-0.39, 0.29) is 25.9 Å². The van der Waals surface area contributed by atoms with Crippen LogP contribution in [0.15, 0.2) is 109 Å². The minimum atomic E-state index is -1.94. The molecule has 1 heterocycles. The average Bonchev–Trinajstić information content (AvgIpc) is 3.60. The summed E-state index contributed by atoms with van der Waals surface area (Å²) in [6.07, 6.45) is 66.3. The maximum absolute atomic E-state index is 13.2. The van der Waals surface area contributed by atoms with Gasteiger partial charge in [-0.25, -0.2) is 4.79 Å². The topological polar surface area (TPSA) is 175 Å². The summed E-state index contributed by atoms with van der Waals surface area (Å²) >= 11 is 0. The van der Waals surface area contributed by atoms with Crippen LogP contribution < -0.4 is 0 Å². The molecule has 6 unspecified atom stereocenters. The van der Waals surface area contributed by atoms with Crippen LogP contribution in [-0.2, 0) is 42.9 Å². The van der Waals surface area contributed by atoms with Gasteiger partial charge in [0.15, 0.2) is 24.6 Å². The molecule has 0 aliphatic carbocycles. The van der Waals surface area contributed by atoms with Gasteiger partial charge in [0.05, 0.1) is 6.61 Å². The van der Waals surface area contributed by atoms with Crippen molar-refractivity contribution in [1.82, 2.24) is 0 Å². The van der Waals surface area contributed by atoms with E-state index < -0.39 is 67.3 Å². The van der Waals surface area contributed by atoms with Crippen LogP contribution in [0, 0.1) is 0 Å². The fourth-order valence-corrected chi connectivity index (χ4v) is 9.41. The van der Waals surface area contributed by atoms with Gasteiger partial charge in [0, 0.05) is 19.3 Å². The largest absolute Gasteiger partial charge is 0.479 e. The predicted octanol–water partition coefficient (Wildman–Crippen LogP) is 17.8. The molecule has 3 N–H and O–H groups in total. The highest BCUT2D eigenvalue weighted by molar-refractivity contribution is 5.74. The van der Waals surface area contributed by atoms with Crippen molar-refractivity contribution in [3.8, 4) is 0 Å². The summed E-state index contributed by atoms with van der Waals surface area (Å²) in [5.41, 5.74) is 0. The molecule has 1 aliphatic rings.